The molecule has 2 N–H and O–H groups in total. The second-order valence-corrected chi connectivity index (χ2v) is 6.00. The second kappa shape index (κ2) is 5.79. The van der Waals surface area contributed by atoms with E-state index < -0.39 is 0 Å². The maximum atomic E-state index is 12.5. The van der Waals surface area contributed by atoms with Gasteiger partial charge in [-0.3, -0.25) is 9.59 Å². The molecule has 0 aliphatic carbocycles. The van der Waals surface area contributed by atoms with Crippen LogP contribution in [0.25, 0.3) is 10.8 Å². The first-order valence-corrected chi connectivity index (χ1v) is 7.24. The number of rotatable bonds is 4. The lowest BCUT2D eigenvalue weighted by atomic mass is 9.85. The van der Waals surface area contributed by atoms with E-state index in [0.29, 0.717) is 16.3 Å². The van der Waals surface area contributed by atoms with E-state index in [-0.39, 0.29) is 35.4 Å². The third-order valence-electron chi connectivity index (χ3n) is 3.70. The molecule has 0 saturated carbocycles. The van der Waals surface area contributed by atoms with Gasteiger partial charge in [0.05, 0.1) is 6.42 Å². The van der Waals surface area contributed by atoms with Gasteiger partial charge in [-0.2, -0.15) is 0 Å². The first-order valence-electron chi connectivity index (χ1n) is 7.24. The van der Waals surface area contributed by atoms with Crippen LogP contribution >= 0.6 is 0 Å². The molecule has 0 bridgehead atoms. The number of phenols is 2. The molecular weight excluding hydrogens is 280 g/mol. The summed E-state index contributed by atoms with van der Waals surface area (Å²) in [5, 5.41) is 21.1. The lowest BCUT2D eigenvalue weighted by molar-refractivity contribution is -0.116. The molecule has 2 aromatic rings. The number of Topliss-reactive ketones (excluding diaryl/α,β-unsaturated/α-hetero) is 2. The normalized spacial score (nSPS) is 11.1. The van der Waals surface area contributed by atoms with E-state index >= 15 is 0 Å². The van der Waals surface area contributed by atoms with E-state index in [1.54, 1.807) is 19.1 Å². The molecule has 2 aromatic carbocycles. The fourth-order valence-electron chi connectivity index (χ4n) is 2.95. The fraction of sp³-hybridized carbons (Fsp3) is 0.333. The Morgan fingerprint density at radius 1 is 1.14 bits per heavy atom. The van der Waals surface area contributed by atoms with Crippen molar-refractivity contribution in [3.63, 3.8) is 0 Å². The summed E-state index contributed by atoms with van der Waals surface area (Å²) in [4.78, 5) is 23.8. The van der Waals surface area contributed by atoms with Crippen molar-refractivity contribution in [2.45, 2.75) is 40.0 Å². The van der Waals surface area contributed by atoms with E-state index in [9.17, 15) is 19.8 Å². The number of carbonyl (C=O) groups is 2. The van der Waals surface area contributed by atoms with Crippen LogP contribution in [0.5, 0.6) is 11.5 Å². The number of hydrogen-bond donors (Lipinski definition) is 2. The number of hydrogen-bond acceptors (Lipinski definition) is 4. The zero-order valence-electron chi connectivity index (χ0n) is 13.2. The average Bonchev–Trinajstić information content (AvgIpc) is 2.35. The first kappa shape index (κ1) is 16.0. The average molecular weight is 300 g/mol. The topological polar surface area (TPSA) is 74.6 Å². The van der Waals surface area contributed by atoms with Crippen LogP contribution in [0.2, 0.25) is 0 Å². The molecule has 0 unspecified atom stereocenters. The van der Waals surface area contributed by atoms with Crippen molar-refractivity contribution in [2.75, 3.05) is 0 Å². The molecule has 0 fully saturated rings. The van der Waals surface area contributed by atoms with Crippen molar-refractivity contribution < 1.29 is 19.8 Å². The van der Waals surface area contributed by atoms with Crippen molar-refractivity contribution in [3.05, 3.63) is 34.9 Å². The minimum atomic E-state index is -0.233. The number of benzene rings is 2. The lowest BCUT2D eigenvalue weighted by Gasteiger charge is -2.19. The molecule has 0 spiro atoms. The maximum Gasteiger partial charge on any atom is 0.170 e. The van der Waals surface area contributed by atoms with Gasteiger partial charge in [0.25, 0.3) is 0 Å². The summed E-state index contributed by atoms with van der Waals surface area (Å²) in [5.74, 6) is -0.515. The minimum Gasteiger partial charge on any atom is -0.508 e. The molecule has 0 aliphatic rings. The van der Waals surface area contributed by atoms with Gasteiger partial charge in [0.2, 0.25) is 0 Å². The predicted octanol–water partition coefficient (Wildman–Crippen LogP) is 3.84. The summed E-state index contributed by atoms with van der Waals surface area (Å²) in [6.07, 6.45) is -0.148. The molecule has 0 radical (unpaired) electrons. The molecular formula is C18H20O4. The summed E-state index contributed by atoms with van der Waals surface area (Å²) in [7, 11) is 0. The standard InChI is InChI=1S/C18H20O4/c1-9(2)16-17(14(21)6-11(4)19)10(3)5-12-7-13(20)8-15(22)18(12)16/h5,7-9,20,22H,6H2,1-4H3. The quantitative estimate of drug-likeness (QED) is 0.664. The second-order valence-electron chi connectivity index (χ2n) is 6.00. The predicted molar refractivity (Wildman–Crippen MR) is 85.7 cm³/mol. The zero-order chi connectivity index (χ0) is 16.6. The van der Waals surface area contributed by atoms with E-state index in [0.717, 1.165) is 11.1 Å². The maximum absolute atomic E-state index is 12.5. The van der Waals surface area contributed by atoms with Crippen LogP contribution < -0.4 is 0 Å². The monoisotopic (exact) mass is 300 g/mol. The Morgan fingerprint density at radius 2 is 1.77 bits per heavy atom. The van der Waals surface area contributed by atoms with Gasteiger partial charge in [-0.1, -0.05) is 19.9 Å². The Bertz CT molecular complexity index is 772. The van der Waals surface area contributed by atoms with Crippen LogP contribution in [0, 0.1) is 6.92 Å². The summed E-state index contributed by atoms with van der Waals surface area (Å²) in [5.41, 5.74) is 1.96. The van der Waals surface area contributed by atoms with Gasteiger partial charge < -0.3 is 10.2 Å². The number of carbonyl (C=O) groups excluding carboxylic acids is 2. The highest BCUT2D eigenvalue weighted by atomic mass is 16.3. The smallest absolute Gasteiger partial charge is 0.170 e. The lowest BCUT2D eigenvalue weighted by Crippen LogP contribution is -2.11. The number of fused-ring (bicyclic) bond motifs is 1. The third kappa shape index (κ3) is 2.82. The van der Waals surface area contributed by atoms with E-state index in [4.69, 9.17) is 0 Å². The van der Waals surface area contributed by atoms with Crippen LogP contribution in [0.1, 0.15) is 54.6 Å². The number of aryl methyl sites for hydroxylation is 1. The largest absolute Gasteiger partial charge is 0.508 e. The Morgan fingerprint density at radius 3 is 2.32 bits per heavy atom. The summed E-state index contributed by atoms with van der Waals surface area (Å²) >= 11 is 0. The molecule has 116 valence electrons. The van der Waals surface area contributed by atoms with Crippen molar-refractivity contribution in [2.24, 2.45) is 0 Å². The van der Waals surface area contributed by atoms with Crippen LogP contribution in [0.15, 0.2) is 18.2 Å². The Kier molecular flexibility index (Phi) is 4.22. The fourth-order valence-corrected chi connectivity index (χ4v) is 2.95. The van der Waals surface area contributed by atoms with Gasteiger partial charge in [-0.05, 0) is 42.3 Å². The molecule has 2 rings (SSSR count). The van der Waals surface area contributed by atoms with Gasteiger partial charge in [-0.25, -0.2) is 0 Å². The zero-order valence-corrected chi connectivity index (χ0v) is 13.2. The van der Waals surface area contributed by atoms with Crippen LogP contribution in [0.3, 0.4) is 0 Å². The SMILES string of the molecule is CC(=O)CC(=O)c1c(C)cc2cc(O)cc(O)c2c1C(C)C. The summed E-state index contributed by atoms with van der Waals surface area (Å²) in [6.45, 7) is 7.06. The minimum absolute atomic E-state index is 0.0104. The molecule has 0 saturated heterocycles. The highest BCUT2D eigenvalue weighted by Crippen LogP contribution is 2.39. The number of phenolic OH excluding ortho intramolecular Hbond substituents is 2. The van der Waals surface area contributed by atoms with Gasteiger partial charge in [0, 0.05) is 17.0 Å². The highest BCUT2D eigenvalue weighted by molar-refractivity contribution is 6.12. The molecule has 0 amide bonds. The van der Waals surface area contributed by atoms with Crippen molar-refractivity contribution in [1.29, 1.82) is 0 Å². The van der Waals surface area contributed by atoms with E-state index in [1.807, 2.05) is 13.8 Å². The number of aromatic hydroxyl groups is 2. The molecule has 4 nitrogen and oxygen atoms in total. The molecule has 22 heavy (non-hydrogen) atoms. The summed E-state index contributed by atoms with van der Waals surface area (Å²) < 4.78 is 0. The summed E-state index contributed by atoms with van der Waals surface area (Å²) in [6, 6.07) is 4.59. The van der Waals surface area contributed by atoms with Crippen LogP contribution in [-0.4, -0.2) is 21.8 Å². The van der Waals surface area contributed by atoms with Crippen LogP contribution in [-0.2, 0) is 4.79 Å². The van der Waals surface area contributed by atoms with Gasteiger partial charge in [0.15, 0.2) is 5.78 Å². The molecule has 0 aliphatic heterocycles. The van der Waals surface area contributed by atoms with E-state index in [1.165, 1.54) is 13.0 Å². The first-order chi connectivity index (χ1) is 10.2. The van der Waals surface area contributed by atoms with Crippen LogP contribution in [0.4, 0.5) is 0 Å². The Labute approximate surface area is 129 Å². The van der Waals surface area contributed by atoms with Gasteiger partial charge in [0.1, 0.15) is 17.3 Å². The van der Waals surface area contributed by atoms with Crippen molar-refractivity contribution >= 4 is 22.3 Å². The van der Waals surface area contributed by atoms with E-state index in [2.05, 4.69) is 0 Å². The molecule has 0 atom stereocenters. The third-order valence-corrected chi connectivity index (χ3v) is 3.70. The Balaban J connectivity index is 2.87. The Hall–Kier alpha value is -2.36. The molecule has 0 aromatic heterocycles. The van der Waals surface area contributed by atoms with Gasteiger partial charge in [-0.15, -0.1) is 0 Å². The molecule has 4 heteroatoms. The van der Waals surface area contributed by atoms with Crippen molar-refractivity contribution in [1.82, 2.24) is 0 Å². The van der Waals surface area contributed by atoms with Crippen molar-refractivity contribution in [3.8, 4) is 11.5 Å². The number of ketones is 2. The highest BCUT2D eigenvalue weighted by Gasteiger charge is 2.22. The molecule has 0 heterocycles. The van der Waals surface area contributed by atoms with Gasteiger partial charge >= 0.3 is 0 Å².